The smallest absolute Gasteiger partial charge is 0.195 e. The minimum atomic E-state index is -0.478. The average molecular weight is 309 g/mol. The summed E-state index contributed by atoms with van der Waals surface area (Å²) in [6, 6.07) is 7.16. The monoisotopic (exact) mass is 309 g/mol. The van der Waals surface area contributed by atoms with E-state index in [4.69, 9.17) is 12.2 Å². The quantitative estimate of drug-likeness (QED) is 0.742. The van der Waals surface area contributed by atoms with E-state index in [1.54, 1.807) is 4.57 Å². The molecule has 3 nitrogen and oxygen atoms in total. The van der Waals surface area contributed by atoms with Crippen LogP contribution in [0.25, 0.3) is 10.7 Å². The van der Waals surface area contributed by atoms with Crippen LogP contribution in [-0.4, -0.2) is 14.8 Å². The van der Waals surface area contributed by atoms with E-state index < -0.39 is 11.6 Å². The van der Waals surface area contributed by atoms with Crippen molar-refractivity contribution >= 4 is 23.6 Å². The largest absolute Gasteiger partial charge is 0.295 e. The van der Waals surface area contributed by atoms with Gasteiger partial charge in [0, 0.05) is 5.56 Å². The molecule has 1 aromatic carbocycles. The van der Waals surface area contributed by atoms with Crippen molar-refractivity contribution in [3.63, 3.8) is 0 Å². The summed E-state index contributed by atoms with van der Waals surface area (Å²) in [5.74, 6) is -0.325. The minimum Gasteiger partial charge on any atom is -0.295 e. The van der Waals surface area contributed by atoms with Gasteiger partial charge in [-0.1, -0.05) is 6.07 Å². The molecule has 0 saturated carbocycles. The third-order valence-corrected chi connectivity index (χ3v) is 4.01. The van der Waals surface area contributed by atoms with Gasteiger partial charge in [0.25, 0.3) is 0 Å². The fourth-order valence-electron chi connectivity index (χ4n) is 1.89. The summed E-state index contributed by atoms with van der Waals surface area (Å²) < 4.78 is 29.0. The Hall–Kier alpha value is -1.86. The maximum Gasteiger partial charge on any atom is 0.195 e. The Bertz CT molecular complexity index is 790. The lowest BCUT2D eigenvalue weighted by atomic mass is 10.2. The van der Waals surface area contributed by atoms with Gasteiger partial charge in [-0.2, -0.15) is 5.10 Å². The van der Waals surface area contributed by atoms with Crippen molar-refractivity contribution in [1.29, 1.82) is 0 Å². The van der Waals surface area contributed by atoms with Crippen LogP contribution in [0, 0.1) is 16.4 Å². The van der Waals surface area contributed by atoms with E-state index >= 15 is 0 Å². The zero-order chi connectivity index (χ0) is 14.1. The summed E-state index contributed by atoms with van der Waals surface area (Å²) in [5.41, 5.74) is 0.236. The summed E-state index contributed by atoms with van der Waals surface area (Å²) in [5, 5.41) is 8.75. The van der Waals surface area contributed by atoms with Gasteiger partial charge in [-0.25, -0.2) is 8.78 Å². The molecule has 20 heavy (non-hydrogen) atoms. The fourth-order valence-corrected chi connectivity index (χ4v) is 2.81. The topological polar surface area (TPSA) is 33.6 Å². The molecular formula is C13H9F2N3S2. The van der Waals surface area contributed by atoms with Gasteiger partial charge in [-0.3, -0.25) is 9.67 Å². The molecule has 0 bridgehead atoms. The van der Waals surface area contributed by atoms with Crippen molar-refractivity contribution in [3.8, 4) is 10.7 Å². The maximum absolute atomic E-state index is 13.7. The van der Waals surface area contributed by atoms with Crippen molar-refractivity contribution in [3.05, 3.63) is 57.7 Å². The molecule has 1 N–H and O–H groups in total. The second kappa shape index (κ2) is 5.26. The molecule has 0 saturated heterocycles. The summed E-state index contributed by atoms with van der Waals surface area (Å²) in [6.07, 6.45) is 0. The molecule has 0 aliphatic rings. The second-order valence-corrected chi connectivity index (χ2v) is 5.49. The Kier molecular flexibility index (Phi) is 3.45. The molecule has 3 rings (SSSR count). The van der Waals surface area contributed by atoms with E-state index in [0.717, 1.165) is 17.0 Å². The standard InChI is InChI=1S/C13H9F2N3S2/c14-9-3-4-10(15)8(6-9)7-18-12(16-17-13(18)19)11-2-1-5-20-11/h1-6H,7H2,(H,17,19). The zero-order valence-corrected chi connectivity index (χ0v) is 11.8. The van der Waals surface area contributed by atoms with E-state index in [-0.39, 0.29) is 12.1 Å². The number of halogens is 2. The number of thiophene rings is 1. The highest BCUT2D eigenvalue weighted by Crippen LogP contribution is 2.24. The molecule has 0 amide bonds. The summed E-state index contributed by atoms with van der Waals surface area (Å²) in [4.78, 5) is 0.911. The number of hydrogen-bond acceptors (Lipinski definition) is 3. The number of aromatic nitrogens is 3. The van der Waals surface area contributed by atoms with Crippen LogP contribution in [0.2, 0.25) is 0 Å². The Morgan fingerprint density at radius 2 is 2.15 bits per heavy atom. The van der Waals surface area contributed by atoms with Gasteiger partial charge in [0.15, 0.2) is 10.6 Å². The molecule has 102 valence electrons. The van der Waals surface area contributed by atoms with Crippen LogP contribution in [0.15, 0.2) is 35.7 Å². The van der Waals surface area contributed by atoms with Crippen molar-refractivity contribution in [2.45, 2.75) is 6.54 Å². The number of nitrogens with zero attached hydrogens (tertiary/aromatic N) is 2. The maximum atomic E-state index is 13.7. The third-order valence-electron chi connectivity index (χ3n) is 2.84. The summed E-state index contributed by atoms with van der Waals surface area (Å²) >= 11 is 6.66. The van der Waals surface area contributed by atoms with Crippen molar-refractivity contribution in [1.82, 2.24) is 14.8 Å². The molecule has 0 aliphatic heterocycles. The van der Waals surface area contributed by atoms with Gasteiger partial charge in [0.05, 0.1) is 11.4 Å². The molecule has 0 aliphatic carbocycles. The van der Waals surface area contributed by atoms with Crippen LogP contribution < -0.4 is 0 Å². The number of rotatable bonds is 3. The molecule has 2 heterocycles. The van der Waals surface area contributed by atoms with Gasteiger partial charge >= 0.3 is 0 Å². The second-order valence-electron chi connectivity index (χ2n) is 4.15. The number of aromatic amines is 1. The first-order valence-corrected chi connectivity index (χ1v) is 7.07. The summed E-state index contributed by atoms with van der Waals surface area (Å²) in [6.45, 7) is 0.131. The number of benzene rings is 1. The van der Waals surface area contributed by atoms with Crippen LogP contribution in [-0.2, 0) is 6.54 Å². The van der Waals surface area contributed by atoms with E-state index in [1.165, 1.54) is 17.4 Å². The van der Waals surface area contributed by atoms with E-state index in [0.29, 0.717) is 10.6 Å². The van der Waals surface area contributed by atoms with E-state index in [9.17, 15) is 8.78 Å². The first-order valence-electron chi connectivity index (χ1n) is 5.78. The lowest BCUT2D eigenvalue weighted by Crippen LogP contribution is -2.04. The lowest BCUT2D eigenvalue weighted by Gasteiger charge is -2.07. The van der Waals surface area contributed by atoms with Crippen LogP contribution in [0.1, 0.15) is 5.56 Å². The van der Waals surface area contributed by atoms with Crippen LogP contribution in [0.4, 0.5) is 8.78 Å². The molecule has 3 aromatic rings. The average Bonchev–Trinajstić information content (AvgIpc) is 3.05. The summed E-state index contributed by atoms with van der Waals surface area (Å²) in [7, 11) is 0. The molecule has 0 unspecified atom stereocenters. The highest BCUT2D eigenvalue weighted by Gasteiger charge is 2.12. The first kappa shape index (κ1) is 13.1. The van der Waals surface area contributed by atoms with Crippen LogP contribution in [0.3, 0.4) is 0 Å². The highest BCUT2D eigenvalue weighted by molar-refractivity contribution is 7.71. The van der Waals surface area contributed by atoms with Gasteiger partial charge in [-0.05, 0) is 41.9 Å². The Morgan fingerprint density at radius 1 is 1.30 bits per heavy atom. The molecule has 0 atom stereocenters. The molecule has 0 radical (unpaired) electrons. The SMILES string of the molecule is Fc1ccc(F)c(Cn2c(-c3cccs3)n[nH]c2=S)c1. The van der Waals surface area contributed by atoms with Gasteiger partial charge in [0.1, 0.15) is 11.6 Å². The minimum absolute atomic E-state index is 0.131. The van der Waals surface area contributed by atoms with Crippen LogP contribution >= 0.6 is 23.6 Å². The number of hydrogen-bond donors (Lipinski definition) is 1. The Labute approximate surface area is 122 Å². The van der Waals surface area contributed by atoms with Crippen molar-refractivity contribution in [2.75, 3.05) is 0 Å². The molecule has 0 fully saturated rings. The van der Waals surface area contributed by atoms with Gasteiger partial charge in [-0.15, -0.1) is 11.3 Å². The fraction of sp³-hybridized carbons (Fsp3) is 0.0769. The Morgan fingerprint density at radius 3 is 2.90 bits per heavy atom. The third kappa shape index (κ3) is 2.41. The predicted octanol–water partition coefficient (Wildman–Crippen LogP) is 4.00. The van der Waals surface area contributed by atoms with E-state index in [2.05, 4.69) is 10.2 Å². The molecule has 7 heteroatoms. The molecular weight excluding hydrogens is 300 g/mol. The van der Waals surface area contributed by atoms with Gasteiger partial charge in [0.2, 0.25) is 0 Å². The zero-order valence-electron chi connectivity index (χ0n) is 10.1. The number of nitrogens with one attached hydrogen (secondary N) is 1. The van der Waals surface area contributed by atoms with Gasteiger partial charge < -0.3 is 0 Å². The predicted molar refractivity (Wildman–Crippen MR) is 76.2 cm³/mol. The number of H-pyrrole nitrogens is 1. The lowest BCUT2D eigenvalue weighted by molar-refractivity contribution is 0.577. The van der Waals surface area contributed by atoms with Crippen molar-refractivity contribution in [2.24, 2.45) is 0 Å². The van der Waals surface area contributed by atoms with Crippen LogP contribution in [0.5, 0.6) is 0 Å². The first-order chi connectivity index (χ1) is 9.65. The van der Waals surface area contributed by atoms with E-state index in [1.807, 2.05) is 17.5 Å². The normalized spacial score (nSPS) is 10.9. The van der Waals surface area contributed by atoms with Crippen molar-refractivity contribution < 1.29 is 8.78 Å². The highest BCUT2D eigenvalue weighted by atomic mass is 32.1. The molecule has 0 spiro atoms. The molecule has 2 aromatic heterocycles. The Balaban J connectivity index is 2.05.